The minimum atomic E-state index is -0.148. The molecule has 0 unspecified atom stereocenters. The fourth-order valence-electron chi connectivity index (χ4n) is 3.47. The predicted octanol–water partition coefficient (Wildman–Crippen LogP) is 5.83. The van der Waals surface area contributed by atoms with E-state index in [0.29, 0.717) is 15.0 Å². The first-order chi connectivity index (χ1) is 19.8. The molecule has 0 aromatic carbocycles. The van der Waals surface area contributed by atoms with E-state index in [2.05, 4.69) is 30.4 Å². The van der Waals surface area contributed by atoms with Crippen molar-refractivity contribution in [1.29, 1.82) is 0 Å². The molecule has 0 radical (unpaired) electrons. The van der Waals surface area contributed by atoms with Crippen LogP contribution in [0.2, 0.25) is 8.67 Å². The van der Waals surface area contributed by atoms with E-state index in [1.54, 1.807) is 54.1 Å². The van der Waals surface area contributed by atoms with E-state index in [9.17, 15) is 14.4 Å². The molecule has 6 rings (SSSR count). The van der Waals surface area contributed by atoms with Gasteiger partial charge in [-0.15, -0.1) is 22.7 Å². The number of aryl methyl sites for hydroxylation is 2. The lowest BCUT2D eigenvalue weighted by atomic mass is 10.1. The van der Waals surface area contributed by atoms with Crippen LogP contribution in [0.1, 0.15) is 20.2 Å². The number of hydrogen-bond acceptors (Lipinski definition) is 8. The number of aromatic amines is 4. The van der Waals surface area contributed by atoms with Gasteiger partial charge in [-0.25, -0.2) is 0 Å². The molecule has 0 aliphatic heterocycles. The summed E-state index contributed by atoms with van der Waals surface area (Å²) in [5, 5.41) is 13.7. The zero-order valence-electron chi connectivity index (χ0n) is 21.2. The van der Waals surface area contributed by atoms with Crippen LogP contribution in [0.4, 0.5) is 5.82 Å². The fourth-order valence-corrected chi connectivity index (χ4v) is 5.44. The number of aldehydes is 1. The Hall–Kier alpha value is -4.23. The highest BCUT2D eigenvalue weighted by atomic mass is 35.5. The first-order valence-corrected chi connectivity index (χ1v) is 14.4. The maximum absolute atomic E-state index is 11.3. The molecule has 210 valence electrons. The third-order valence-electron chi connectivity index (χ3n) is 5.37. The summed E-state index contributed by atoms with van der Waals surface area (Å²) in [5.41, 5.74) is 9.31. The van der Waals surface area contributed by atoms with Gasteiger partial charge in [0.25, 0.3) is 0 Å². The molecule has 6 N–H and O–H groups in total. The average Bonchev–Trinajstić information content (AvgIpc) is 3.77. The number of thiophene rings is 2. The van der Waals surface area contributed by atoms with Gasteiger partial charge in [-0.05, 0) is 55.3 Å². The summed E-state index contributed by atoms with van der Waals surface area (Å²) in [4.78, 5) is 39.2. The van der Waals surface area contributed by atoms with E-state index in [4.69, 9.17) is 28.9 Å². The summed E-state index contributed by atoms with van der Waals surface area (Å²) in [6, 6.07) is 17.6. The zero-order chi connectivity index (χ0) is 29.2. The highest BCUT2D eigenvalue weighted by Gasteiger charge is 2.06. The molecule has 10 nitrogen and oxygen atoms in total. The van der Waals surface area contributed by atoms with E-state index in [0.717, 1.165) is 51.7 Å². The normalized spacial score (nSPS) is 10.3. The van der Waals surface area contributed by atoms with Gasteiger partial charge in [0, 0.05) is 52.3 Å². The SMILES string of the molecule is Nc1cc(-c2cc[nH]c(=O)c2)[nH]n1.O=Cc1ccc(Cl)s1.O=c1cc(-c2cc(CCc3ccc(Cl)s3)[nH]n2)cc[nH]1. The lowest BCUT2D eigenvalue weighted by molar-refractivity contribution is 0.112. The summed E-state index contributed by atoms with van der Waals surface area (Å²) >= 11 is 14.3. The number of carbonyl (C=O) groups excluding carboxylic acids is 1. The number of nitrogens with one attached hydrogen (secondary N) is 4. The van der Waals surface area contributed by atoms with Crippen LogP contribution >= 0.6 is 45.9 Å². The Morgan fingerprint density at radius 2 is 1.46 bits per heavy atom. The monoisotopic (exact) mass is 627 g/mol. The van der Waals surface area contributed by atoms with E-state index in [1.165, 1.54) is 22.3 Å². The summed E-state index contributed by atoms with van der Waals surface area (Å²) in [7, 11) is 0. The van der Waals surface area contributed by atoms with Crippen molar-refractivity contribution in [3.8, 4) is 22.5 Å². The first kappa shape index (κ1) is 29.7. The lowest BCUT2D eigenvalue weighted by Crippen LogP contribution is -2.01. The molecule has 14 heteroatoms. The number of pyridine rings is 2. The Morgan fingerprint density at radius 3 is 2.02 bits per heavy atom. The molecule has 6 aromatic heterocycles. The maximum Gasteiger partial charge on any atom is 0.248 e. The van der Waals surface area contributed by atoms with Crippen molar-refractivity contribution in [1.82, 2.24) is 30.4 Å². The van der Waals surface area contributed by atoms with Crippen molar-refractivity contribution in [2.75, 3.05) is 5.73 Å². The molecule has 0 aliphatic rings. The molecule has 0 spiro atoms. The van der Waals surface area contributed by atoms with Crippen molar-refractivity contribution < 1.29 is 4.79 Å². The zero-order valence-corrected chi connectivity index (χ0v) is 24.3. The van der Waals surface area contributed by atoms with Gasteiger partial charge in [0.05, 0.1) is 24.9 Å². The van der Waals surface area contributed by atoms with Crippen LogP contribution < -0.4 is 16.9 Å². The predicted molar refractivity (Wildman–Crippen MR) is 165 cm³/mol. The van der Waals surface area contributed by atoms with Crippen LogP contribution in [-0.4, -0.2) is 36.6 Å². The van der Waals surface area contributed by atoms with Gasteiger partial charge >= 0.3 is 0 Å². The average molecular weight is 629 g/mol. The second-order valence-corrected chi connectivity index (χ2v) is 11.9. The van der Waals surface area contributed by atoms with E-state index in [1.807, 2.05) is 24.3 Å². The molecule has 0 saturated carbocycles. The number of rotatable bonds is 6. The van der Waals surface area contributed by atoms with Crippen molar-refractivity contribution in [3.63, 3.8) is 0 Å². The summed E-state index contributed by atoms with van der Waals surface area (Å²) < 4.78 is 1.47. The second kappa shape index (κ2) is 14.4. The van der Waals surface area contributed by atoms with Crippen LogP contribution in [0.5, 0.6) is 0 Å². The molecule has 0 aliphatic carbocycles. The number of nitrogens with zero attached hydrogens (tertiary/aromatic N) is 2. The second-order valence-electron chi connectivity index (χ2n) is 8.33. The Balaban J connectivity index is 0.000000158. The smallest absolute Gasteiger partial charge is 0.248 e. The standard InChI is InChI=1S/C14H12ClN3OS.C8H8N4O.C5H3ClOS/c15-13-4-3-11(20-13)2-1-10-8-12(18-17-10)9-5-6-16-14(19)7-9;9-7-4-6(11-12-7)5-1-2-10-8(13)3-5;6-5-2-1-4(3-7)8-5/h3-8H,1-2H2,(H,16,19)(H,17,18);1-4H,(H,10,13)(H3,9,11,12);1-3H. The van der Waals surface area contributed by atoms with Gasteiger partial charge < -0.3 is 15.7 Å². The molecular weight excluding hydrogens is 605 g/mol. The number of carbonyl (C=O) groups is 1. The number of anilines is 1. The maximum atomic E-state index is 11.3. The van der Waals surface area contributed by atoms with Crippen molar-refractivity contribution in [2.24, 2.45) is 0 Å². The first-order valence-electron chi connectivity index (χ1n) is 12.0. The third-order valence-corrected chi connectivity index (χ3v) is 7.81. The largest absolute Gasteiger partial charge is 0.382 e. The van der Waals surface area contributed by atoms with Gasteiger partial charge in [0.15, 0.2) is 6.29 Å². The molecule has 41 heavy (non-hydrogen) atoms. The molecule has 0 bridgehead atoms. The van der Waals surface area contributed by atoms with Crippen molar-refractivity contribution in [2.45, 2.75) is 12.8 Å². The van der Waals surface area contributed by atoms with Gasteiger partial charge in [0.1, 0.15) is 5.82 Å². The molecule has 0 atom stereocenters. The number of nitrogens with two attached hydrogens (primary N) is 1. The van der Waals surface area contributed by atoms with Crippen LogP contribution in [-0.2, 0) is 12.8 Å². The highest BCUT2D eigenvalue weighted by Crippen LogP contribution is 2.23. The number of hydrogen-bond donors (Lipinski definition) is 5. The third kappa shape index (κ3) is 9.15. The fraction of sp³-hybridized carbons (Fsp3) is 0.0741. The van der Waals surface area contributed by atoms with E-state index < -0.39 is 0 Å². The minimum absolute atomic E-state index is 0.125. The Labute approximate surface area is 251 Å². The van der Waals surface area contributed by atoms with Gasteiger partial charge in [0.2, 0.25) is 11.1 Å². The lowest BCUT2D eigenvalue weighted by Gasteiger charge is -1.94. The number of H-pyrrole nitrogens is 4. The quantitative estimate of drug-likeness (QED) is 0.146. The highest BCUT2D eigenvalue weighted by molar-refractivity contribution is 7.17. The topological polar surface area (TPSA) is 166 Å². The van der Waals surface area contributed by atoms with Crippen LogP contribution in [0.15, 0.2) is 82.6 Å². The van der Waals surface area contributed by atoms with E-state index >= 15 is 0 Å². The number of halogens is 2. The molecule has 0 fully saturated rings. The van der Waals surface area contributed by atoms with Gasteiger partial charge in [-0.3, -0.25) is 24.6 Å². The Morgan fingerprint density at radius 1 is 0.780 bits per heavy atom. The Kier molecular flexibility index (Phi) is 10.5. The van der Waals surface area contributed by atoms with Crippen LogP contribution in [0.3, 0.4) is 0 Å². The minimum Gasteiger partial charge on any atom is -0.382 e. The number of nitrogen functional groups attached to an aromatic ring is 1. The van der Waals surface area contributed by atoms with Crippen molar-refractivity contribution in [3.05, 3.63) is 118 Å². The van der Waals surface area contributed by atoms with E-state index in [-0.39, 0.29) is 11.1 Å². The van der Waals surface area contributed by atoms with Crippen LogP contribution in [0, 0.1) is 0 Å². The van der Waals surface area contributed by atoms with Crippen LogP contribution in [0.25, 0.3) is 22.5 Å². The molecule has 6 heterocycles. The number of aromatic nitrogens is 6. The molecule has 6 aromatic rings. The van der Waals surface area contributed by atoms with Gasteiger partial charge in [-0.2, -0.15) is 10.2 Å². The summed E-state index contributed by atoms with van der Waals surface area (Å²) in [5.74, 6) is 0.412. The van der Waals surface area contributed by atoms with Crippen molar-refractivity contribution >= 4 is 58.0 Å². The molecule has 0 saturated heterocycles. The molecule has 0 amide bonds. The Bertz CT molecular complexity index is 1830. The molecular formula is C27H23Cl2N7O3S2. The summed E-state index contributed by atoms with van der Waals surface area (Å²) in [6.07, 6.45) is 5.78. The van der Waals surface area contributed by atoms with Gasteiger partial charge in [-0.1, -0.05) is 23.2 Å². The summed E-state index contributed by atoms with van der Waals surface area (Å²) in [6.45, 7) is 0.